The lowest BCUT2D eigenvalue weighted by molar-refractivity contribution is -0.142. The number of aryl methyl sites for hydroxylation is 2. The molecule has 3 aromatic carbocycles. The zero-order valence-electron chi connectivity index (χ0n) is 16.9. The van der Waals surface area contributed by atoms with Crippen molar-refractivity contribution < 1.29 is 14.3 Å². The van der Waals surface area contributed by atoms with Gasteiger partial charge in [-0.15, -0.1) is 0 Å². The molecule has 0 saturated carbocycles. The number of carbonyl (C=O) groups is 2. The molecule has 0 aromatic heterocycles. The van der Waals surface area contributed by atoms with E-state index in [-0.39, 0.29) is 5.91 Å². The van der Waals surface area contributed by atoms with Gasteiger partial charge in [0.1, 0.15) is 6.04 Å². The molecular formula is C25H25NO3. The van der Waals surface area contributed by atoms with Crippen LogP contribution in [0.3, 0.4) is 0 Å². The molecule has 1 amide bonds. The van der Waals surface area contributed by atoms with E-state index in [4.69, 9.17) is 4.74 Å². The summed E-state index contributed by atoms with van der Waals surface area (Å²) >= 11 is 0. The van der Waals surface area contributed by atoms with Crippen molar-refractivity contribution in [3.05, 3.63) is 95.1 Å². The normalized spacial score (nSPS) is 11.6. The van der Waals surface area contributed by atoms with Gasteiger partial charge in [-0.2, -0.15) is 0 Å². The Morgan fingerprint density at radius 1 is 0.862 bits per heavy atom. The second kappa shape index (κ2) is 9.20. The van der Waals surface area contributed by atoms with Crippen molar-refractivity contribution in [1.82, 2.24) is 5.32 Å². The second-order valence-electron chi connectivity index (χ2n) is 7.12. The number of hydrogen-bond donors (Lipinski definition) is 1. The lowest BCUT2D eigenvalue weighted by atomic mass is 10.0. The smallest absolute Gasteiger partial charge is 0.328 e. The van der Waals surface area contributed by atoms with E-state index >= 15 is 0 Å². The number of ether oxygens (including phenoxy) is 1. The van der Waals surface area contributed by atoms with Crippen LogP contribution in [0.15, 0.2) is 72.8 Å². The monoisotopic (exact) mass is 387 g/mol. The van der Waals surface area contributed by atoms with Crippen LogP contribution in [0.5, 0.6) is 0 Å². The zero-order valence-corrected chi connectivity index (χ0v) is 16.9. The van der Waals surface area contributed by atoms with Crippen LogP contribution in [0.2, 0.25) is 0 Å². The molecular weight excluding hydrogens is 362 g/mol. The average Bonchev–Trinajstić information content (AvgIpc) is 2.76. The van der Waals surface area contributed by atoms with Crippen LogP contribution >= 0.6 is 0 Å². The zero-order chi connectivity index (χ0) is 20.8. The number of nitrogens with one attached hydrogen (secondary N) is 1. The average molecular weight is 387 g/mol. The van der Waals surface area contributed by atoms with Crippen LogP contribution in [0.4, 0.5) is 0 Å². The van der Waals surface area contributed by atoms with Gasteiger partial charge in [0.25, 0.3) is 5.91 Å². The molecule has 3 aromatic rings. The summed E-state index contributed by atoms with van der Waals surface area (Å²) in [5.74, 6) is -0.763. The molecule has 29 heavy (non-hydrogen) atoms. The first-order valence-electron chi connectivity index (χ1n) is 9.58. The number of carbonyl (C=O) groups excluding carboxylic acids is 2. The van der Waals surface area contributed by atoms with Gasteiger partial charge in [0, 0.05) is 12.0 Å². The molecule has 0 spiro atoms. The van der Waals surface area contributed by atoms with Crippen molar-refractivity contribution in [2.24, 2.45) is 0 Å². The van der Waals surface area contributed by atoms with Gasteiger partial charge < -0.3 is 10.1 Å². The predicted molar refractivity (Wildman–Crippen MR) is 115 cm³/mol. The molecule has 1 atom stereocenters. The van der Waals surface area contributed by atoms with E-state index in [1.165, 1.54) is 12.7 Å². The highest BCUT2D eigenvalue weighted by Gasteiger charge is 2.22. The van der Waals surface area contributed by atoms with Gasteiger partial charge in [0.15, 0.2) is 0 Å². The summed E-state index contributed by atoms with van der Waals surface area (Å²) in [6.07, 6.45) is 0.377. The summed E-state index contributed by atoms with van der Waals surface area (Å²) < 4.78 is 4.90. The highest BCUT2D eigenvalue weighted by molar-refractivity contribution is 5.97. The molecule has 0 aliphatic heterocycles. The molecule has 4 heteroatoms. The Morgan fingerprint density at radius 3 is 2.14 bits per heavy atom. The molecule has 0 aliphatic rings. The van der Waals surface area contributed by atoms with Gasteiger partial charge in [-0.25, -0.2) is 4.79 Å². The first-order valence-corrected chi connectivity index (χ1v) is 9.58. The predicted octanol–water partition coefficient (Wildman–Crippen LogP) is 4.48. The molecule has 0 fully saturated rings. The largest absolute Gasteiger partial charge is 0.467 e. The SMILES string of the molecule is COC(=O)[C@@H](Cc1ccc(C)c(C)c1)NC(=O)c1ccc(-c2ccccc2)cc1. The van der Waals surface area contributed by atoms with E-state index in [1.807, 2.05) is 74.5 Å². The van der Waals surface area contributed by atoms with E-state index in [2.05, 4.69) is 5.32 Å². The van der Waals surface area contributed by atoms with Gasteiger partial charge >= 0.3 is 5.97 Å². The molecule has 0 unspecified atom stereocenters. The van der Waals surface area contributed by atoms with Crippen LogP contribution in [-0.2, 0) is 16.0 Å². The number of hydrogen-bond acceptors (Lipinski definition) is 3. The second-order valence-corrected chi connectivity index (χ2v) is 7.12. The standard InChI is InChI=1S/C25H25NO3/c1-17-9-10-19(15-18(17)2)16-23(25(28)29-3)26-24(27)22-13-11-21(12-14-22)20-7-5-4-6-8-20/h4-15,23H,16H2,1-3H3,(H,26,27)/t23-/m1/s1. The Bertz CT molecular complexity index is 994. The van der Waals surface area contributed by atoms with Crippen molar-refractivity contribution in [2.75, 3.05) is 7.11 Å². The summed E-state index contributed by atoms with van der Waals surface area (Å²) in [4.78, 5) is 25.0. The third-order valence-corrected chi connectivity index (χ3v) is 5.06. The Morgan fingerprint density at radius 2 is 1.52 bits per heavy atom. The van der Waals surface area contributed by atoms with Gasteiger partial charge in [-0.1, -0.05) is 60.7 Å². The Kier molecular flexibility index (Phi) is 6.45. The van der Waals surface area contributed by atoms with Crippen LogP contribution < -0.4 is 5.32 Å². The van der Waals surface area contributed by atoms with Crippen LogP contribution in [0, 0.1) is 13.8 Å². The maximum absolute atomic E-state index is 12.7. The van der Waals surface area contributed by atoms with Crippen molar-refractivity contribution in [3.63, 3.8) is 0 Å². The number of rotatable bonds is 6. The summed E-state index contributed by atoms with van der Waals surface area (Å²) in [6.45, 7) is 4.07. The summed E-state index contributed by atoms with van der Waals surface area (Å²) in [7, 11) is 1.33. The molecule has 0 saturated heterocycles. The molecule has 4 nitrogen and oxygen atoms in total. The lowest BCUT2D eigenvalue weighted by Gasteiger charge is -2.17. The summed E-state index contributed by atoms with van der Waals surface area (Å²) in [5, 5.41) is 2.81. The van der Waals surface area contributed by atoms with E-state index in [0.29, 0.717) is 12.0 Å². The molecule has 0 bridgehead atoms. The molecule has 0 heterocycles. The minimum absolute atomic E-state index is 0.302. The quantitative estimate of drug-likeness (QED) is 0.634. The minimum atomic E-state index is -0.747. The van der Waals surface area contributed by atoms with E-state index in [0.717, 1.165) is 22.3 Å². The van der Waals surface area contributed by atoms with Crippen LogP contribution in [0.25, 0.3) is 11.1 Å². The Labute approximate surface area is 171 Å². The van der Waals surface area contributed by atoms with Gasteiger partial charge in [0.2, 0.25) is 0 Å². The van der Waals surface area contributed by atoms with E-state index in [9.17, 15) is 9.59 Å². The van der Waals surface area contributed by atoms with Gasteiger partial charge in [-0.05, 0) is 53.8 Å². The first-order chi connectivity index (χ1) is 14.0. The van der Waals surface area contributed by atoms with E-state index in [1.54, 1.807) is 12.1 Å². The fraction of sp³-hybridized carbons (Fsp3) is 0.200. The summed E-state index contributed by atoms with van der Waals surface area (Å²) in [6, 6.07) is 22.6. The van der Waals surface area contributed by atoms with Gasteiger partial charge in [-0.3, -0.25) is 4.79 Å². The van der Waals surface area contributed by atoms with Crippen LogP contribution in [0.1, 0.15) is 27.0 Å². The molecule has 3 rings (SSSR count). The molecule has 1 N–H and O–H groups in total. The van der Waals surface area contributed by atoms with Crippen molar-refractivity contribution >= 4 is 11.9 Å². The van der Waals surface area contributed by atoms with Gasteiger partial charge in [0.05, 0.1) is 7.11 Å². The fourth-order valence-corrected chi connectivity index (χ4v) is 3.19. The highest BCUT2D eigenvalue weighted by Crippen LogP contribution is 2.19. The first kappa shape index (κ1) is 20.3. The maximum atomic E-state index is 12.7. The Hall–Kier alpha value is -3.40. The lowest BCUT2D eigenvalue weighted by Crippen LogP contribution is -2.43. The maximum Gasteiger partial charge on any atom is 0.328 e. The fourth-order valence-electron chi connectivity index (χ4n) is 3.19. The van der Waals surface area contributed by atoms with Crippen molar-refractivity contribution in [1.29, 1.82) is 0 Å². The Balaban J connectivity index is 1.74. The molecule has 148 valence electrons. The van der Waals surface area contributed by atoms with E-state index < -0.39 is 12.0 Å². The number of esters is 1. The summed E-state index contributed by atoms with van der Waals surface area (Å²) in [5.41, 5.74) is 5.92. The third kappa shape index (κ3) is 5.11. The molecule has 0 aliphatic carbocycles. The van der Waals surface area contributed by atoms with Crippen molar-refractivity contribution in [2.45, 2.75) is 26.3 Å². The third-order valence-electron chi connectivity index (χ3n) is 5.06. The number of amides is 1. The number of benzene rings is 3. The van der Waals surface area contributed by atoms with Crippen LogP contribution in [-0.4, -0.2) is 25.0 Å². The van der Waals surface area contributed by atoms with Crippen molar-refractivity contribution in [3.8, 4) is 11.1 Å². The minimum Gasteiger partial charge on any atom is -0.467 e. The topological polar surface area (TPSA) is 55.4 Å². The number of methoxy groups -OCH3 is 1. The molecule has 0 radical (unpaired) electrons. The highest BCUT2D eigenvalue weighted by atomic mass is 16.5.